The summed E-state index contributed by atoms with van der Waals surface area (Å²) in [7, 11) is 0. The molecule has 6 nitrogen and oxygen atoms in total. The zero-order chi connectivity index (χ0) is 18.6. The van der Waals surface area contributed by atoms with Gasteiger partial charge in [-0.05, 0) is 32.9 Å². The maximum atomic E-state index is 11.0. The summed E-state index contributed by atoms with van der Waals surface area (Å²) in [4.78, 5) is 11.0. The van der Waals surface area contributed by atoms with Crippen molar-refractivity contribution < 1.29 is 29.2 Å². The van der Waals surface area contributed by atoms with E-state index in [1.807, 2.05) is 19.9 Å². The van der Waals surface area contributed by atoms with Gasteiger partial charge in [-0.15, -0.1) is 0 Å². The van der Waals surface area contributed by atoms with Crippen LogP contribution in [-0.4, -0.2) is 55.8 Å². The zero-order valence-electron chi connectivity index (χ0n) is 14.9. The SMILES string of the molecule is C=C(C)C(=O)Oc1ccccc1.CCOCC.OCCOCCO. The Hall–Kier alpha value is -1.73. The molecule has 0 aliphatic carbocycles. The second-order valence-electron chi connectivity index (χ2n) is 4.32. The minimum absolute atomic E-state index is 0.0278. The van der Waals surface area contributed by atoms with Crippen LogP contribution in [0, 0.1) is 0 Å². The zero-order valence-corrected chi connectivity index (χ0v) is 14.9. The molecule has 0 saturated heterocycles. The molecule has 6 heteroatoms. The normalized spacial score (nSPS) is 9.04. The average Bonchev–Trinajstić information content (AvgIpc) is 2.58. The lowest BCUT2D eigenvalue weighted by molar-refractivity contribution is -0.130. The third-order valence-electron chi connectivity index (χ3n) is 2.18. The van der Waals surface area contributed by atoms with Crippen LogP contribution in [0.3, 0.4) is 0 Å². The number of aliphatic hydroxyl groups excluding tert-OH is 2. The molecular weight excluding hydrogens is 312 g/mol. The number of carbonyl (C=O) groups is 1. The van der Waals surface area contributed by atoms with Crippen molar-refractivity contribution in [3.05, 3.63) is 42.5 Å². The maximum Gasteiger partial charge on any atom is 0.338 e. The molecule has 138 valence electrons. The monoisotopic (exact) mass is 342 g/mol. The standard InChI is InChI=1S/C10H10O2.C4H10O3.C4H10O/c1-8(2)10(11)12-9-6-4-3-5-7-9;5-1-3-7-4-2-6;1-3-5-4-2/h3-7H,1H2,2H3;5-6H,1-4H2;3-4H2,1-2H3. The molecule has 24 heavy (non-hydrogen) atoms. The molecule has 0 atom stereocenters. The van der Waals surface area contributed by atoms with Crippen molar-refractivity contribution in [3.8, 4) is 5.75 Å². The third kappa shape index (κ3) is 18.3. The van der Waals surface area contributed by atoms with E-state index in [9.17, 15) is 4.79 Å². The van der Waals surface area contributed by atoms with Crippen LogP contribution in [0.15, 0.2) is 42.5 Å². The number of ether oxygens (including phenoxy) is 3. The minimum Gasteiger partial charge on any atom is -0.423 e. The Bertz CT molecular complexity index is 399. The lowest BCUT2D eigenvalue weighted by Crippen LogP contribution is -2.07. The highest BCUT2D eigenvalue weighted by atomic mass is 16.5. The summed E-state index contributed by atoms with van der Waals surface area (Å²) in [6, 6.07) is 8.92. The molecule has 0 unspecified atom stereocenters. The molecule has 1 aromatic carbocycles. The predicted molar refractivity (Wildman–Crippen MR) is 94.0 cm³/mol. The number of rotatable bonds is 8. The van der Waals surface area contributed by atoms with E-state index in [4.69, 9.17) is 19.7 Å². The summed E-state index contributed by atoms with van der Waals surface area (Å²) < 4.78 is 14.4. The molecule has 0 spiro atoms. The predicted octanol–water partition coefficient (Wildman–Crippen LogP) is 2.20. The van der Waals surface area contributed by atoms with Crippen molar-refractivity contribution in [1.29, 1.82) is 0 Å². The molecule has 0 aliphatic heterocycles. The highest BCUT2D eigenvalue weighted by Crippen LogP contribution is 2.09. The van der Waals surface area contributed by atoms with Crippen LogP contribution in [-0.2, 0) is 14.3 Å². The van der Waals surface area contributed by atoms with Crippen LogP contribution in [0.1, 0.15) is 20.8 Å². The number of benzene rings is 1. The quantitative estimate of drug-likeness (QED) is 0.326. The largest absolute Gasteiger partial charge is 0.423 e. The van der Waals surface area contributed by atoms with E-state index in [0.717, 1.165) is 13.2 Å². The number of hydrogen-bond acceptors (Lipinski definition) is 6. The number of aliphatic hydroxyl groups is 2. The van der Waals surface area contributed by atoms with Gasteiger partial charge < -0.3 is 24.4 Å². The lowest BCUT2D eigenvalue weighted by Gasteiger charge is -2.01. The van der Waals surface area contributed by atoms with Crippen LogP contribution < -0.4 is 4.74 Å². The van der Waals surface area contributed by atoms with Crippen molar-refractivity contribution in [2.24, 2.45) is 0 Å². The van der Waals surface area contributed by atoms with E-state index < -0.39 is 0 Å². The summed E-state index contributed by atoms with van der Waals surface area (Å²) in [5, 5.41) is 16.2. The summed E-state index contributed by atoms with van der Waals surface area (Å²) in [5.41, 5.74) is 0.402. The Morgan fingerprint density at radius 1 is 1.00 bits per heavy atom. The van der Waals surface area contributed by atoms with Crippen molar-refractivity contribution in [2.45, 2.75) is 20.8 Å². The van der Waals surface area contributed by atoms with Gasteiger partial charge in [0.15, 0.2) is 0 Å². The molecular formula is C18H30O6. The first-order valence-electron chi connectivity index (χ1n) is 7.83. The summed E-state index contributed by atoms with van der Waals surface area (Å²) in [6.07, 6.45) is 0. The van der Waals surface area contributed by atoms with Crippen molar-refractivity contribution >= 4 is 5.97 Å². The molecule has 0 radical (unpaired) electrons. The van der Waals surface area contributed by atoms with Crippen molar-refractivity contribution in [3.63, 3.8) is 0 Å². The molecule has 1 rings (SSSR count). The first kappa shape index (κ1) is 24.5. The Labute approximate surface area is 144 Å². The average molecular weight is 342 g/mol. The van der Waals surface area contributed by atoms with Crippen LogP contribution in [0.2, 0.25) is 0 Å². The highest BCUT2D eigenvalue weighted by molar-refractivity contribution is 5.88. The van der Waals surface area contributed by atoms with Crippen LogP contribution >= 0.6 is 0 Å². The Morgan fingerprint density at radius 3 is 1.83 bits per heavy atom. The maximum absolute atomic E-state index is 11.0. The number of para-hydroxylation sites is 1. The number of hydrogen-bond donors (Lipinski definition) is 2. The summed E-state index contributed by atoms with van der Waals surface area (Å²) in [5.74, 6) is 0.159. The van der Waals surface area contributed by atoms with Crippen molar-refractivity contribution in [2.75, 3.05) is 39.6 Å². The fraction of sp³-hybridized carbons (Fsp3) is 0.500. The highest BCUT2D eigenvalue weighted by Gasteiger charge is 2.03. The van der Waals surface area contributed by atoms with Gasteiger partial charge in [0, 0.05) is 18.8 Å². The lowest BCUT2D eigenvalue weighted by atomic mass is 10.3. The van der Waals surface area contributed by atoms with Gasteiger partial charge in [-0.2, -0.15) is 0 Å². The molecule has 0 aliphatic rings. The van der Waals surface area contributed by atoms with Gasteiger partial charge in [-0.1, -0.05) is 24.8 Å². The minimum atomic E-state index is -0.388. The van der Waals surface area contributed by atoms with Gasteiger partial charge in [-0.3, -0.25) is 0 Å². The molecule has 0 amide bonds. The molecule has 2 N–H and O–H groups in total. The first-order valence-corrected chi connectivity index (χ1v) is 7.83. The Morgan fingerprint density at radius 2 is 1.50 bits per heavy atom. The third-order valence-corrected chi connectivity index (χ3v) is 2.18. The van der Waals surface area contributed by atoms with Crippen LogP contribution in [0.4, 0.5) is 0 Å². The molecule has 0 bridgehead atoms. The van der Waals surface area contributed by atoms with Crippen LogP contribution in [0.25, 0.3) is 0 Å². The first-order chi connectivity index (χ1) is 11.5. The summed E-state index contributed by atoms with van der Waals surface area (Å²) in [6.45, 7) is 11.5. The van der Waals surface area contributed by atoms with E-state index in [0.29, 0.717) is 24.5 Å². The Balaban J connectivity index is 0. The molecule has 0 fully saturated rings. The Kier molecular flexibility index (Phi) is 19.7. The topological polar surface area (TPSA) is 85.2 Å². The van der Waals surface area contributed by atoms with E-state index >= 15 is 0 Å². The molecule has 0 aromatic heterocycles. The fourth-order valence-electron chi connectivity index (χ4n) is 1.12. The number of carbonyl (C=O) groups excluding carboxylic acids is 1. The van der Waals surface area contributed by atoms with Gasteiger partial charge in [0.2, 0.25) is 0 Å². The van der Waals surface area contributed by atoms with Gasteiger partial charge >= 0.3 is 5.97 Å². The molecule has 1 aromatic rings. The number of esters is 1. The second kappa shape index (κ2) is 19.3. The van der Waals surface area contributed by atoms with E-state index in [2.05, 4.69) is 11.3 Å². The van der Waals surface area contributed by atoms with Crippen LogP contribution in [0.5, 0.6) is 5.75 Å². The van der Waals surface area contributed by atoms with Gasteiger partial charge in [-0.25, -0.2) is 4.79 Å². The molecule has 0 saturated carbocycles. The van der Waals surface area contributed by atoms with Gasteiger partial charge in [0.1, 0.15) is 5.75 Å². The van der Waals surface area contributed by atoms with Gasteiger partial charge in [0.05, 0.1) is 26.4 Å². The van der Waals surface area contributed by atoms with E-state index in [-0.39, 0.29) is 19.2 Å². The van der Waals surface area contributed by atoms with E-state index in [1.54, 1.807) is 31.2 Å². The van der Waals surface area contributed by atoms with Gasteiger partial charge in [0.25, 0.3) is 0 Å². The fourth-order valence-corrected chi connectivity index (χ4v) is 1.12. The van der Waals surface area contributed by atoms with E-state index in [1.165, 1.54) is 0 Å². The second-order valence-corrected chi connectivity index (χ2v) is 4.32. The summed E-state index contributed by atoms with van der Waals surface area (Å²) >= 11 is 0. The molecule has 0 heterocycles. The van der Waals surface area contributed by atoms with Crippen molar-refractivity contribution in [1.82, 2.24) is 0 Å². The smallest absolute Gasteiger partial charge is 0.338 e.